The van der Waals surface area contributed by atoms with Gasteiger partial charge in [0.15, 0.2) is 5.65 Å². The molecule has 1 fully saturated rings. The quantitative estimate of drug-likeness (QED) is 0.456. The summed E-state index contributed by atoms with van der Waals surface area (Å²) < 4.78 is 3.54. The number of aromatic nitrogens is 5. The first-order valence-electron chi connectivity index (χ1n) is 12.3. The van der Waals surface area contributed by atoms with Crippen LogP contribution >= 0.6 is 0 Å². The normalized spacial score (nSPS) is 15.5. The Balaban J connectivity index is 1.52. The molecule has 1 aliphatic carbocycles. The van der Waals surface area contributed by atoms with Crippen molar-refractivity contribution in [1.82, 2.24) is 29.6 Å². The molecule has 1 aromatic carbocycles. The van der Waals surface area contributed by atoms with Crippen molar-refractivity contribution < 1.29 is 0 Å². The first-order chi connectivity index (χ1) is 17.3. The van der Waals surface area contributed by atoms with Gasteiger partial charge in [-0.1, -0.05) is 26.8 Å². The van der Waals surface area contributed by atoms with E-state index in [0.717, 1.165) is 38.0 Å². The summed E-state index contributed by atoms with van der Waals surface area (Å²) in [4.78, 5) is 27.2. The Labute approximate surface area is 208 Å². The van der Waals surface area contributed by atoms with E-state index >= 15 is 0 Å². The van der Waals surface area contributed by atoms with Gasteiger partial charge in [-0.3, -0.25) is 9.78 Å². The zero-order valence-corrected chi connectivity index (χ0v) is 20.7. The Bertz CT molecular complexity index is 1600. The van der Waals surface area contributed by atoms with Crippen molar-refractivity contribution in [3.63, 3.8) is 0 Å². The minimum atomic E-state index is -0.335. The number of pyridine rings is 1. The molecule has 1 saturated carbocycles. The third-order valence-corrected chi connectivity index (χ3v) is 6.84. The Hall–Kier alpha value is -4.03. The van der Waals surface area contributed by atoms with Crippen LogP contribution in [-0.4, -0.2) is 30.9 Å². The van der Waals surface area contributed by atoms with Crippen molar-refractivity contribution in [3.8, 4) is 11.8 Å². The second kappa shape index (κ2) is 8.28. The molecule has 0 atom stereocenters. The fourth-order valence-electron chi connectivity index (χ4n) is 4.93. The van der Waals surface area contributed by atoms with Crippen LogP contribution in [0.2, 0.25) is 0 Å². The summed E-state index contributed by atoms with van der Waals surface area (Å²) in [5.74, 6) is 0.404. The van der Waals surface area contributed by atoms with Gasteiger partial charge in [0.05, 0.1) is 23.0 Å². The van der Waals surface area contributed by atoms with Gasteiger partial charge in [0.2, 0.25) is 5.95 Å². The average molecular weight is 481 g/mol. The van der Waals surface area contributed by atoms with Crippen molar-refractivity contribution in [2.75, 3.05) is 11.9 Å². The molecule has 6 rings (SSSR count). The topological polar surface area (TPSA) is 113 Å². The Morgan fingerprint density at radius 2 is 2.00 bits per heavy atom. The van der Waals surface area contributed by atoms with Gasteiger partial charge < -0.3 is 10.6 Å². The molecule has 4 aromatic rings. The monoisotopic (exact) mass is 480 g/mol. The molecule has 3 aromatic heterocycles. The molecule has 0 spiro atoms. The van der Waals surface area contributed by atoms with Crippen molar-refractivity contribution in [3.05, 3.63) is 69.4 Å². The van der Waals surface area contributed by atoms with Crippen LogP contribution in [-0.2, 0) is 18.4 Å². The van der Waals surface area contributed by atoms with Crippen LogP contribution in [0.25, 0.3) is 16.7 Å². The van der Waals surface area contributed by atoms with Gasteiger partial charge in [0.1, 0.15) is 11.5 Å². The number of hydrogen-bond donors (Lipinski definition) is 2. The molecular weight excluding hydrogens is 452 g/mol. The summed E-state index contributed by atoms with van der Waals surface area (Å²) in [5, 5.41) is 17.3. The van der Waals surface area contributed by atoms with E-state index in [1.807, 2.05) is 26.8 Å². The van der Waals surface area contributed by atoms with E-state index < -0.39 is 0 Å². The molecule has 1 aliphatic heterocycles. The summed E-state index contributed by atoms with van der Waals surface area (Å²) in [5.41, 5.74) is 5.27. The third kappa shape index (κ3) is 3.74. The van der Waals surface area contributed by atoms with Crippen LogP contribution in [0.5, 0.6) is 0 Å². The zero-order chi connectivity index (χ0) is 25.0. The van der Waals surface area contributed by atoms with Gasteiger partial charge >= 0.3 is 0 Å². The van der Waals surface area contributed by atoms with Crippen LogP contribution in [0.15, 0.2) is 41.5 Å². The van der Waals surface area contributed by atoms with Gasteiger partial charge in [-0.05, 0) is 55.1 Å². The molecule has 4 heterocycles. The average Bonchev–Trinajstić information content (AvgIpc) is 3.67. The maximum atomic E-state index is 13.5. The smallest absolute Gasteiger partial charge is 0.278 e. The maximum Gasteiger partial charge on any atom is 0.278 e. The van der Waals surface area contributed by atoms with Crippen molar-refractivity contribution in [1.29, 1.82) is 5.26 Å². The number of nitrogens with zero attached hydrogens (tertiary/aromatic N) is 6. The second-order valence-electron chi connectivity index (χ2n) is 10.6. The second-order valence-corrected chi connectivity index (χ2v) is 10.6. The lowest BCUT2D eigenvalue weighted by molar-refractivity contribution is 0.547. The summed E-state index contributed by atoms with van der Waals surface area (Å²) in [6.07, 6.45) is 6.09. The van der Waals surface area contributed by atoms with Gasteiger partial charge in [0.25, 0.3) is 5.56 Å². The highest BCUT2D eigenvalue weighted by Crippen LogP contribution is 2.37. The van der Waals surface area contributed by atoms with Crippen LogP contribution in [0.1, 0.15) is 62.0 Å². The number of hydrogen-bond acceptors (Lipinski definition) is 7. The van der Waals surface area contributed by atoms with E-state index in [1.54, 1.807) is 27.8 Å². The fourth-order valence-corrected chi connectivity index (χ4v) is 4.93. The minimum Gasteiger partial charge on any atom is -0.324 e. The summed E-state index contributed by atoms with van der Waals surface area (Å²) in [6, 6.07) is 10.5. The molecule has 9 nitrogen and oxygen atoms in total. The third-order valence-electron chi connectivity index (χ3n) is 6.84. The maximum absolute atomic E-state index is 13.5. The molecule has 0 unspecified atom stereocenters. The number of nitriles is 1. The largest absolute Gasteiger partial charge is 0.324 e. The molecule has 9 heteroatoms. The van der Waals surface area contributed by atoms with E-state index in [9.17, 15) is 10.1 Å². The number of fused-ring (bicyclic) bond motifs is 2. The van der Waals surface area contributed by atoms with Crippen LogP contribution in [0, 0.1) is 11.3 Å². The fraction of sp³-hybridized carbons (Fsp3) is 0.370. The number of nitrogens with one attached hydrogen (secondary N) is 2. The van der Waals surface area contributed by atoms with Crippen molar-refractivity contribution >= 4 is 22.7 Å². The number of anilines is 2. The number of rotatable bonds is 4. The van der Waals surface area contributed by atoms with E-state index in [4.69, 9.17) is 4.98 Å². The minimum absolute atomic E-state index is 0.0789. The molecule has 36 heavy (non-hydrogen) atoms. The molecule has 0 saturated heterocycles. The van der Waals surface area contributed by atoms with E-state index in [-0.39, 0.29) is 17.0 Å². The van der Waals surface area contributed by atoms with Gasteiger partial charge in [-0.15, -0.1) is 0 Å². The lowest BCUT2D eigenvalue weighted by Gasteiger charge is -2.21. The Morgan fingerprint density at radius 1 is 1.17 bits per heavy atom. The molecule has 0 radical (unpaired) electrons. The Morgan fingerprint density at radius 3 is 2.75 bits per heavy atom. The molecule has 182 valence electrons. The highest BCUT2D eigenvalue weighted by atomic mass is 16.1. The van der Waals surface area contributed by atoms with Crippen LogP contribution < -0.4 is 16.2 Å². The van der Waals surface area contributed by atoms with Gasteiger partial charge in [-0.2, -0.15) is 10.2 Å². The van der Waals surface area contributed by atoms with E-state index in [0.29, 0.717) is 33.9 Å². The lowest BCUT2D eigenvalue weighted by Crippen LogP contribution is -2.23. The predicted molar refractivity (Wildman–Crippen MR) is 138 cm³/mol. The molecule has 0 bridgehead atoms. The van der Waals surface area contributed by atoms with Gasteiger partial charge in [-0.25, -0.2) is 14.3 Å². The Kier molecular flexibility index (Phi) is 5.16. The lowest BCUT2D eigenvalue weighted by atomic mass is 9.88. The zero-order valence-electron chi connectivity index (χ0n) is 20.7. The van der Waals surface area contributed by atoms with Crippen LogP contribution in [0.4, 0.5) is 11.6 Å². The van der Waals surface area contributed by atoms with E-state index in [2.05, 4.69) is 38.8 Å². The number of benzene rings is 1. The molecular formula is C27H28N8O. The summed E-state index contributed by atoms with van der Waals surface area (Å²) in [7, 11) is 0. The van der Waals surface area contributed by atoms with Crippen molar-refractivity contribution in [2.45, 2.75) is 58.0 Å². The van der Waals surface area contributed by atoms with Gasteiger partial charge in [0, 0.05) is 30.0 Å². The first kappa shape index (κ1) is 22.4. The van der Waals surface area contributed by atoms with E-state index in [1.165, 1.54) is 11.1 Å². The molecule has 0 amide bonds. The summed E-state index contributed by atoms with van der Waals surface area (Å²) >= 11 is 0. The van der Waals surface area contributed by atoms with Crippen molar-refractivity contribution in [2.24, 2.45) is 0 Å². The highest BCUT2D eigenvalue weighted by molar-refractivity contribution is 5.78. The predicted octanol–water partition coefficient (Wildman–Crippen LogP) is 3.87. The molecule has 2 N–H and O–H groups in total. The SMILES string of the molecule is CC(C)(C)c1nccc(-n2c3nc(Nc4ccc5c(c4)CCNC5)ncc3c(=O)n2C2CC2)c1C#N. The first-order valence-corrected chi connectivity index (χ1v) is 12.3. The standard InChI is InChI=1S/C27H28N8O/c1-27(2,3)23-20(13-28)22(9-11-30-23)35-24-21(25(36)34(35)19-6-7-19)15-31-26(33-24)32-18-5-4-17-14-29-10-8-16(17)12-18/h4-5,9,11-12,15,19,29H,6-8,10,14H2,1-3H3,(H,31,32,33). The molecule has 2 aliphatic rings. The highest BCUT2D eigenvalue weighted by Gasteiger charge is 2.32. The van der Waals surface area contributed by atoms with Crippen LogP contribution in [0.3, 0.4) is 0 Å². The summed E-state index contributed by atoms with van der Waals surface area (Å²) in [6.45, 7) is 7.92.